The van der Waals surface area contributed by atoms with Crippen LogP contribution in [0.3, 0.4) is 0 Å². The molecule has 0 unspecified atom stereocenters. The van der Waals surface area contributed by atoms with Crippen LogP contribution in [0.5, 0.6) is 0 Å². The number of nitrogens with zero attached hydrogens (tertiary/aromatic N) is 2. The Labute approximate surface area is 220 Å². The van der Waals surface area contributed by atoms with Crippen LogP contribution < -0.4 is 16.0 Å². The highest BCUT2D eigenvalue weighted by molar-refractivity contribution is 6.30. The monoisotopic (exact) mass is 525 g/mol. The lowest BCUT2D eigenvalue weighted by atomic mass is 10.1. The minimum atomic E-state index is -0.644. The number of ketones is 1. The molecule has 0 saturated heterocycles. The van der Waals surface area contributed by atoms with Gasteiger partial charge in [0.25, 0.3) is 11.8 Å². The number of pyridine rings is 1. The topological polar surface area (TPSA) is 103 Å². The third-order valence-electron chi connectivity index (χ3n) is 5.42. The summed E-state index contributed by atoms with van der Waals surface area (Å²) in [6.45, 7) is 3.53. The average Bonchev–Trinajstić information content (AvgIpc) is 2.88. The number of hydrogen-bond donors (Lipinski definition) is 3. The second-order valence-corrected chi connectivity index (χ2v) is 8.96. The maximum atomic E-state index is 13.9. The maximum absolute atomic E-state index is 13.9. The molecule has 8 nitrogen and oxygen atoms in total. The number of hydrogen-bond acceptors (Lipinski definition) is 6. The van der Waals surface area contributed by atoms with Gasteiger partial charge in [-0.25, -0.2) is 9.37 Å². The third-order valence-corrected chi connectivity index (χ3v) is 5.64. The summed E-state index contributed by atoms with van der Waals surface area (Å²) in [7, 11) is 1.92. The third kappa shape index (κ3) is 8.66. The normalized spacial score (nSPS) is 10.7. The van der Waals surface area contributed by atoms with Crippen LogP contribution in [0, 0.1) is 5.82 Å². The van der Waals surface area contributed by atoms with Crippen LogP contribution in [0.2, 0.25) is 5.02 Å². The molecule has 0 atom stereocenters. The minimum Gasteiger partial charge on any atom is -0.378 e. The zero-order valence-corrected chi connectivity index (χ0v) is 21.4. The Morgan fingerprint density at radius 2 is 1.76 bits per heavy atom. The van der Waals surface area contributed by atoms with Gasteiger partial charge in [-0.3, -0.25) is 19.3 Å². The van der Waals surface area contributed by atoms with Crippen molar-refractivity contribution >= 4 is 46.4 Å². The summed E-state index contributed by atoms with van der Waals surface area (Å²) in [6.07, 6.45) is 3.49. The molecule has 0 radical (unpaired) electrons. The van der Waals surface area contributed by atoms with E-state index in [1.54, 1.807) is 30.3 Å². The number of anilines is 3. The van der Waals surface area contributed by atoms with Crippen LogP contribution in [-0.2, 0) is 4.79 Å². The molecule has 3 aromatic rings. The summed E-state index contributed by atoms with van der Waals surface area (Å²) in [5.74, 6) is -1.46. The molecule has 37 heavy (non-hydrogen) atoms. The summed E-state index contributed by atoms with van der Waals surface area (Å²) in [5.41, 5.74) is 1.09. The lowest BCUT2D eigenvalue weighted by Crippen LogP contribution is -2.30. The Morgan fingerprint density at radius 1 is 1.00 bits per heavy atom. The smallest absolute Gasteiger partial charge is 0.259 e. The van der Waals surface area contributed by atoms with Crippen LogP contribution in [0.25, 0.3) is 0 Å². The fourth-order valence-corrected chi connectivity index (χ4v) is 3.56. The van der Waals surface area contributed by atoms with E-state index in [0.717, 1.165) is 31.5 Å². The van der Waals surface area contributed by atoms with E-state index in [-0.39, 0.29) is 29.4 Å². The van der Waals surface area contributed by atoms with Gasteiger partial charge in [0.1, 0.15) is 11.6 Å². The van der Waals surface area contributed by atoms with Gasteiger partial charge in [0.2, 0.25) is 0 Å². The van der Waals surface area contributed by atoms with Crippen LogP contribution >= 0.6 is 11.6 Å². The van der Waals surface area contributed by atoms with Gasteiger partial charge in [-0.15, -0.1) is 0 Å². The van der Waals surface area contributed by atoms with Crippen molar-refractivity contribution in [2.45, 2.75) is 19.8 Å². The van der Waals surface area contributed by atoms with Gasteiger partial charge in [0.15, 0.2) is 5.78 Å². The molecule has 0 saturated carbocycles. The minimum absolute atomic E-state index is 0.0641. The van der Waals surface area contributed by atoms with Crippen LogP contribution in [0.4, 0.5) is 21.6 Å². The predicted molar refractivity (Wildman–Crippen MR) is 144 cm³/mol. The number of aromatic nitrogens is 1. The summed E-state index contributed by atoms with van der Waals surface area (Å²) < 4.78 is 13.9. The van der Waals surface area contributed by atoms with E-state index >= 15 is 0 Å². The fraction of sp³-hybridized carbons (Fsp3) is 0.259. The molecule has 0 bridgehead atoms. The van der Waals surface area contributed by atoms with Crippen molar-refractivity contribution in [2.24, 2.45) is 0 Å². The Kier molecular flexibility index (Phi) is 10.1. The fourth-order valence-electron chi connectivity index (χ4n) is 3.45. The Bertz CT molecular complexity index is 1240. The predicted octanol–water partition coefficient (Wildman–Crippen LogP) is 5.09. The number of likely N-dealkylation sites (N-methyl/N-ethyl adjacent to an activating group) is 1. The van der Waals surface area contributed by atoms with Crippen LogP contribution in [0.1, 0.15) is 40.5 Å². The molecule has 1 heterocycles. The molecule has 3 rings (SSSR count). The molecule has 0 fully saturated rings. The number of carbonyl (C=O) groups excluding carboxylic acids is 3. The summed E-state index contributed by atoms with van der Waals surface area (Å²) in [4.78, 5) is 43.7. The van der Waals surface area contributed by atoms with E-state index in [1.165, 1.54) is 18.3 Å². The molecular formula is C27H29ClFN5O3. The van der Waals surface area contributed by atoms with Gasteiger partial charge < -0.3 is 16.0 Å². The first-order chi connectivity index (χ1) is 17.7. The largest absolute Gasteiger partial charge is 0.378 e. The highest BCUT2D eigenvalue weighted by Gasteiger charge is 2.17. The highest BCUT2D eigenvalue weighted by Crippen LogP contribution is 2.21. The standard InChI is InChI=1S/C27H29ClFN5O3/c1-3-4-13-34(2)17-22(35)16-30-21-9-5-18(6-10-21)26(36)32-24-11-8-20(29)14-23(24)27(37)33-25-12-7-19(28)15-31-25/h5-12,14-15,30H,3-4,13,16-17H2,1-2H3,(H,32,36)(H,31,33,37). The molecule has 3 N–H and O–H groups in total. The number of carbonyl (C=O) groups is 3. The second-order valence-electron chi connectivity index (χ2n) is 8.52. The molecule has 0 aliphatic rings. The number of unbranched alkanes of at least 4 members (excludes halogenated alkanes) is 1. The number of benzene rings is 2. The number of halogens is 2. The molecule has 0 spiro atoms. The van der Waals surface area contributed by atoms with Gasteiger partial charge in [0, 0.05) is 17.4 Å². The molecular weight excluding hydrogens is 497 g/mol. The van der Waals surface area contributed by atoms with Crippen molar-refractivity contribution in [3.63, 3.8) is 0 Å². The lowest BCUT2D eigenvalue weighted by molar-refractivity contribution is -0.118. The molecule has 194 valence electrons. The number of rotatable bonds is 12. The summed E-state index contributed by atoms with van der Waals surface area (Å²) >= 11 is 5.81. The van der Waals surface area contributed by atoms with Crippen molar-refractivity contribution in [2.75, 3.05) is 42.6 Å². The quantitative estimate of drug-likeness (QED) is 0.304. The summed E-state index contributed by atoms with van der Waals surface area (Å²) in [6, 6.07) is 13.1. The number of amides is 2. The molecule has 1 aromatic heterocycles. The first kappa shape index (κ1) is 27.8. The number of Topliss-reactive ketones (excluding diaryl/α,β-unsaturated/α-hetero) is 1. The molecule has 0 aliphatic carbocycles. The average molecular weight is 526 g/mol. The Hall–Kier alpha value is -3.82. The van der Waals surface area contributed by atoms with Crippen molar-refractivity contribution in [3.8, 4) is 0 Å². The molecule has 2 aromatic carbocycles. The van der Waals surface area contributed by atoms with Crippen molar-refractivity contribution in [1.82, 2.24) is 9.88 Å². The second kappa shape index (κ2) is 13.5. The SMILES string of the molecule is CCCCN(C)CC(=O)CNc1ccc(C(=O)Nc2ccc(F)cc2C(=O)Nc2ccc(Cl)cn2)cc1. The van der Waals surface area contributed by atoms with Crippen LogP contribution in [-0.4, -0.2) is 54.2 Å². The van der Waals surface area contributed by atoms with Gasteiger partial charge in [-0.1, -0.05) is 24.9 Å². The zero-order valence-electron chi connectivity index (χ0n) is 20.7. The van der Waals surface area contributed by atoms with Gasteiger partial charge in [-0.05, 0) is 74.6 Å². The molecule has 2 amide bonds. The zero-order chi connectivity index (χ0) is 26.8. The van der Waals surface area contributed by atoms with Crippen molar-refractivity contribution < 1.29 is 18.8 Å². The summed E-state index contributed by atoms with van der Waals surface area (Å²) in [5, 5.41) is 8.67. The first-order valence-electron chi connectivity index (χ1n) is 11.8. The van der Waals surface area contributed by atoms with Gasteiger partial charge in [-0.2, -0.15) is 0 Å². The maximum Gasteiger partial charge on any atom is 0.259 e. The van der Waals surface area contributed by atoms with Gasteiger partial charge >= 0.3 is 0 Å². The van der Waals surface area contributed by atoms with E-state index in [9.17, 15) is 18.8 Å². The highest BCUT2D eigenvalue weighted by atomic mass is 35.5. The van der Waals surface area contributed by atoms with E-state index < -0.39 is 17.6 Å². The van der Waals surface area contributed by atoms with E-state index in [2.05, 4.69) is 27.9 Å². The number of nitrogens with one attached hydrogen (secondary N) is 3. The Morgan fingerprint density at radius 3 is 2.43 bits per heavy atom. The Balaban J connectivity index is 1.60. The molecule has 0 aliphatic heterocycles. The van der Waals surface area contributed by atoms with E-state index in [1.807, 2.05) is 11.9 Å². The van der Waals surface area contributed by atoms with Gasteiger partial charge in [0.05, 0.1) is 29.4 Å². The van der Waals surface area contributed by atoms with Crippen LogP contribution in [0.15, 0.2) is 60.8 Å². The van der Waals surface area contributed by atoms with E-state index in [4.69, 9.17) is 11.6 Å². The first-order valence-corrected chi connectivity index (χ1v) is 12.2. The van der Waals surface area contributed by atoms with E-state index in [0.29, 0.717) is 22.8 Å². The van der Waals surface area contributed by atoms with Crippen molar-refractivity contribution in [3.05, 3.63) is 82.8 Å². The van der Waals surface area contributed by atoms with Crippen molar-refractivity contribution in [1.29, 1.82) is 0 Å². The molecule has 10 heteroatoms. The lowest BCUT2D eigenvalue weighted by Gasteiger charge is -2.15.